The number of carboxylic acids is 1. The molecule has 1 fully saturated rings. The fraction of sp³-hybridized carbons (Fsp3) is 0.600. The highest BCUT2D eigenvalue weighted by Crippen LogP contribution is 2.34. The summed E-state index contributed by atoms with van der Waals surface area (Å²) in [6.07, 6.45) is 5.69. The molecular weight excluding hydrogens is 240 g/mol. The monoisotopic (exact) mass is 262 g/mol. The molecule has 1 aromatic heterocycles. The van der Waals surface area contributed by atoms with E-state index in [9.17, 15) is 9.90 Å². The van der Waals surface area contributed by atoms with Crippen molar-refractivity contribution in [3.8, 4) is 0 Å². The first-order valence-electron chi connectivity index (χ1n) is 6.85. The van der Waals surface area contributed by atoms with E-state index in [4.69, 9.17) is 0 Å². The molecule has 1 aromatic rings. The molecule has 0 radical (unpaired) electrons. The van der Waals surface area contributed by atoms with E-state index in [-0.39, 0.29) is 5.92 Å². The zero-order valence-corrected chi connectivity index (χ0v) is 11.7. The highest BCUT2D eigenvalue weighted by molar-refractivity contribution is 5.74. The van der Waals surface area contributed by atoms with Crippen LogP contribution in [-0.4, -0.2) is 34.0 Å². The molecule has 1 aliphatic rings. The Kier molecular flexibility index (Phi) is 4.20. The second-order valence-corrected chi connectivity index (χ2v) is 5.96. The zero-order valence-electron chi connectivity index (χ0n) is 11.7. The Morgan fingerprint density at radius 1 is 1.47 bits per heavy atom. The maximum absolute atomic E-state index is 11.4. The Balaban J connectivity index is 2.00. The van der Waals surface area contributed by atoms with Gasteiger partial charge >= 0.3 is 5.97 Å². The first kappa shape index (κ1) is 14.0. The Labute approximate surface area is 114 Å². The van der Waals surface area contributed by atoms with Crippen molar-refractivity contribution in [1.29, 1.82) is 0 Å². The minimum absolute atomic E-state index is 0.223. The van der Waals surface area contributed by atoms with Crippen LogP contribution in [0.2, 0.25) is 0 Å². The van der Waals surface area contributed by atoms with Gasteiger partial charge in [0.25, 0.3) is 0 Å². The third kappa shape index (κ3) is 3.32. The first-order valence-corrected chi connectivity index (χ1v) is 6.85. The van der Waals surface area contributed by atoms with Crippen LogP contribution in [0.3, 0.4) is 0 Å². The summed E-state index contributed by atoms with van der Waals surface area (Å²) < 4.78 is 0. The number of hydrogen-bond donors (Lipinski definition) is 1. The summed E-state index contributed by atoms with van der Waals surface area (Å²) in [5.41, 5.74) is 0.598. The number of piperidine rings is 1. The van der Waals surface area contributed by atoms with Gasteiger partial charge in [0.1, 0.15) is 0 Å². The Hall–Kier alpha value is -1.42. The number of rotatable bonds is 4. The molecule has 0 aliphatic carbocycles. The minimum atomic E-state index is -0.691. The van der Waals surface area contributed by atoms with Crippen molar-refractivity contribution in [2.45, 2.75) is 33.2 Å². The van der Waals surface area contributed by atoms with E-state index in [1.165, 1.54) is 5.56 Å². The number of aliphatic carboxylic acids is 1. The van der Waals surface area contributed by atoms with Crippen molar-refractivity contribution in [3.05, 3.63) is 30.1 Å². The van der Waals surface area contributed by atoms with Gasteiger partial charge in [-0.2, -0.15) is 0 Å². The molecule has 4 nitrogen and oxygen atoms in total. The Bertz CT molecular complexity index is 431. The average Bonchev–Trinajstić information content (AvgIpc) is 2.40. The summed E-state index contributed by atoms with van der Waals surface area (Å²) in [6, 6.07) is 4.04. The summed E-state index contributed by atoms with van der Waals surface area (Å²) >= 11 is 0. The first-order chi connectivity index (χ1) is 9.00. The van der Waals surface area contributed by atoms with Gasteiger partial charge in [-0.15, -0.1) is 0 Å². The second-order valence-electron chi connectivity index (χ2n) is 5.96. The highest BCUT2D eigenvalue weighted by atomic mass is 16.4. The van der Waals surface area contributed by atoms with E-state index in [0.717, 1.165) is 32.5 Å². The molecule has 1 saturated heterocycles. The van der Waals surface area contributed by atoms with Crippen LogP contribution in [-0.2, 0) is 11.3 Å². The molecule has 1 unspecified atom stereocenters. The number of nitrogens with zero attached hydrogens (tertiary/aromatic N) is 2. The van der Waals surface area contributed by atoms with E-state index < -0.39 is 11.4 Å². The normalized spacial score (nSPS) is 21.3. The number of carboxylic acid groups (broad SMARTS) is 1. The van der Waals surface area contributed by atoms with Crippen molar-refractivity contribution in [2.24, 2.45) is 11.3 Å². The average molecular weight is 262 g/mol. The quantitative estimate of drug-likeness (QED) is 0.905. The largest absolute Gasteiger partial charge is 0.481 e. The van der Waals surface area contributed by atoms with E-state index in [1.807, 2.05) is 26.0 Å². The molecule has 19 heavy (non-hydrogen) atoms. The summed E-state index contributed by atoms with van der Waals surface area (Å²) in [5, 5.41) is 9.34. The van der Waals surface area contributed by atoms with E-state index in [2.05, 4.69) is 9.88 Å². The van der Waals surface area contributed by atoms with Gasteiger partial charge in [-0.25, -0.2) is 0 Å². The van der Waals surface area contributed by atoms with Crippen LogP contribution in [0.5, 0.6) is 0 Å². The van der Waals surface area contributed by atoms with Crippen molar-refractivity contribution < 1.29 is 9.90 Å². The smallest absolute Gasteiger partial charge is 0.309 e. The lowest BCUT2D eigenvalue weighted by Crippen LogP contribution is -2.44. The van der Waals surface area contributed by atoms with Gasteiger partial charge in [-0.3, -0.25) is 14.7 Å². The molecule has 1 atom stereocenters. The Morgan fingerprint density at radius 2 is 2.16 bits per heavy atom. The molecule has 2 rings (SSSR count). The predicted molar refractivity (Wildman–Crippen MR) is 73.7 cm³/mol. The van der Waals surface area contributed by atoms with Gasteiger partial charge in [0.05, 0.1) is 5.41 Å². The number of hydrogen-bond acceptors (Lipinski definition) is 3. The highest BCUT2D eigenvalue weighted by Gasteiger charge is 2.38. The van der Waals surface area contributed by atoms with Crippen LogP contribution in [0.4, 0.5) is 0 Å². The van der Waals surface area contributed by atoms with Gasteiger partial charge in [-0.1, -0.05) is 0 Å². The van der Waals surface area contributed by atoms with Crippen molar-refractivity contribution in [2.75, 3.05) is 13.1 Å². The molecule has 0 spiro atoms. The fourth-order valence-corrected chi connectivity index (χ4v) is 2.71. The number of pyridine rings is 1. The van der Waals surface area contributed by atoms with Gasteiger partial charge in [0.2, 0.25) is 0 Å². The van der Waals surface area contributed by atoms with Crippen LogP contribution in [0, 0.1) is 11.3 Å². The van der Waals surface area contributed by atoms with Crippen LogP contribution < -0.4 is 0 Å². The summed E-state index contributed by atoms with van der Waals surface area (Å²) in [5.74, 6) is -0.469. The molecular formula is C15H22N2O2. The second kappa shape index (κ2) is 5.70. The molecule has 0 aromatic carbocycles. The fourth-order valence-electron chi connectivity index (χ4n) is 2.71. The maximum Gasteiger partial charge on any atom is 0.309 e. The molecule has 4 heteroatoms. The minimum Gasteiger partial charge on any atom is -0.481 e. The van der Waals surface area contributed by atoms with Gasteiger partial charge < -0.3 is 5.11 Å². The van der Waals surface area contributed by atoms with E-state index >= 15 is 0 Å². The number of likely N-dealkylation sites (tertiary alicyclic amines) is 1. The van der Waals surface area contributed by atoms with Crippen LogP contribution in [0.15, 0.2) is 24.5 Å². The molecule has 0 amide bonds. The third-order valence-electron chi connectivity index (χ3n) is 4.23. The van der Waals surface area contributed by atoms with Crippen LogP contribution in [0.1, 0.15) is 32.3 Å². The lowest BCUT2D eigenvalue weighted by Gasteiger charge is -2.39. The van der Waals surface area contributed by atoms with Crippen molar-refractivity contribution in [1.82, 2.24) is 9.88 Å². The number of carbonyl (C=O) groups is 1. The maximum atomic E-state index is 11.4. The topological polar surface area (TPSA) is 53.4 Å². The molecule has 0 bridgehead atoms. The molecule has 1 aliphatic heterocycles. The Morgan fingerprint density at radius 3 is 2.79 bits per heavy atom. The standard InChI is InChI=1S/C15H22N2O2/c1-15(2,14(18)19)13-4-3-9-17(11-13)10-12-5-7-16-8-6-12/h5-8,13H,3-4,9-11H2,1-2H3,(H,18,19). The lowest BCUT2D eigenvalue weighted by atomic mass is 9.74. The SMILES string of the molecule is CC(C)(C(=O)O)C1CCCN(Cc2ccncc2)C1. The molecule has 104 valence electrons. The molecule has 0 saturated carbocycles. The summed E-state index contributed by atoms with van der Waals surface area (Å²) in [4.78, 5) is 17.7. The van der Waals surface area contributed by atoms with E-state index in [1.54, 1.807) is 12.4 Å². The lowest BCUT2D eigenvalue weighted by molar-refractivity contribution is -0.151. The zero-order chi connectivity index (χ0) is 13.9. The molecule has 2 heterocycles. The summed E-state index contributed by atoms with van der Waals surface area (Å²) in [6.45, 7) is 6.48. The van der Waals surface area contributed by atoms with Crippen molar-refractivity contribution in [3.63, 3.8) is 0 Å². The van der Waals surface area contributed by atoms with Crippen LogP contribution >= 0.6 is 0 Å². The van der Waals surface area contributed by atoms with Crippen LogP contribution in [0.25, 0.3) is 0 Å². The third-order valence-corrected chi connectivity index (χ3v) is 4.23. The van der Waals surface area contributed by atoms with Gasteiger partial charge in [-0.05, 0) is 56.8 Å². The van der Waals surface area contributed by atoms with E-state index in [0.29, 0.717) is 0 Å². The van der Waals surface area contributed by atoms with Crippen molar-refractivity contribution >= 4 is 5.97 Å². The summed E-state index contributed by atoms with van der Waals surface area (Å²) in [7, 11) is 0. The predicted octanol–water partition coefficient (Wildman–Crippen LogP) is 2.40. The van der Waals surface area contributed by atoms with Gasteiger partial charge in [0, 0.05) is 25.5 Å². The van der Waals surface area contributed by atoms with Gasteiger partial charge in [0.15, 0.2) is 0 Å². The molecule has 1 N–H and O–H groups in total. The number of aromatic nitrogens is 1.